The summed E-state index contributed by atoms with van der Waals surface area (Å²) in [4.78, 5) is 3.96. The number of pyridine rings is 1. The van der Waals surface area contributed by atoms with E-state index in [-0.39, 0.29) is 0 Å². The van der Waals surface area contributed by atoms with Crippen LogP contribution in [0.1, 0.15) is 5.56 Å². The molecule has 0 saturated heterocycles. The molecular weight excluding hydrogens is 196 g/mol. The van der Waals surface area contributed by atoms with Crippen LogP contribution in [0.3, 0.4) is 0 Å². The molecule has 0 aliphatic heterocycles. The van der Waals surface area contributed by atoms with E-state index in [0.717, 1.165) is 18.1 Å². The van der Waals surface area contributed by atoms with Gasteiger partial charge < -0.3 is 5.32 Å². The Morgan fingerprint density at radius 3 is 2.86 bits per heavy atom. The fraction of sp³-hybridized carbons (Fsp3) is 0.222. The van der Waals surface area contributed by atoms with Gasteiger partial charge in [-0.2, -0.15) is 0 Å². The fourth-order valence-electron chi connectivity index (χ4n) is 1.11. The summed E-state index contributed by atoms with van der Waals surface area (Å²) in [5.41, 5.74) is 2.99. The average Bonchev–Trinajstić information content (AvgIpc) is 2.72. The maximum atomic E-state index is 3.96. The molecule has 0 bridgehead atoms. The molecule has 0 unspecified atom stereocenters. The highest BCUT2D eigenvalue weighted by Crippen LogP contribution is 2.07. The standard InChI is InChI=1S/C9H10N4S/c1-4-10-5-2-8(1)3-6-11-9-13-12-7-14-9/h1-2,4-5,7H,3,6H2,(H,11,13). The first-order valence-corrected chi connectivity index (χ1v) is 5.22. The number of hydrogen-bond donors (Lipinski definition) is 1. The second-order valence-corrected chi connectivity index (χ2v) is 3.61. The Labute approximate surface area is 86.0 Å². The van der Waals surface area contributed by atoms with E-state index in [2.05, 4.69) is 20.5 Å². The average molecular weight is 206 g/mol. The lowest BCUT2D eigenvalue weighted by molar-refractivity contribution is 0.990. The molecule has 0 fully saturated rings. The van der Waals surface area contributed by atoms with Crippen LogP contribution in [0, 0.1) is 0 Å². The van der Waals surface area contributed by atoms with Crippen LogP contribution >= 0.6 is 11.3 Å². The summed E-state index contributed by atoms with van der Waals surface area (Å²) in [6.07, 6.45) is 4.59. The van der Waals surface area contributed by atoms with Gasteiger partial charge in [0.25, 0.3) is 0 Å². The van der Waals surface area contributed by atoms with Crippen molar-refractivity contribution in [1.82, 2.24) is 15.2 Å². The van der Waals surface area contributed by atoms with Gasteiger partial charge in [0.1, 0.15) is 5.51 Å². The van der Waals surface area contributed by atoms with Gasteiger partial charge in [-0.15, -0.1) is 10.2 Å². The molecular formula is C9H10N4S. The number of anilines is 1. The zero-order valence-electron chi connectivity index (χ0n) is 7.55. The normalized spacial score (nSPS) is 10.0. The first-order chi connectivity index (χ1) is 6.95. The summed E-state index contributed by atoms with van der Waals surface area (Å²) in [5.74, 6) is 0. The molecule has 2 rings (SSSR count). The smallest absolute Gasteiger partial charge is 0.205 e. The van der Waals surface area contributed by atoms with Crippen molar-refractivity contribution in [3.63, 3.8) is 0 Å². The largest absolute Gasteiger partial charge is 0.360 e. The SMILES string of the molecule is c1cc(CCNc2nncs2)ccn1. The minimum absolute atomic E-state index is 0.874. The number of nitrogens with one attached hydrogen (secondary N) is 1. The monoisotopic (exact) mass is 206 g/mol. The van der Waals surface area contributed by atoms with Gasteiger partial charge in [-0.1, -0.05) is 11.3 Å². The molecule has 72 valence electrons. The summed E-state index contributed by atoms with van der Waals surface area (Å²) in [6.45, 7) is 0.874. The second kappa shape index (κ2) is 4.66. The van der Waals surface area contributed by atoms with E-state index in [1.54, 1.807) is 17.9 Å². The Bertz CT molecular complexity index is 360. The van der Waals surface area contributed by atoms with Crippen LogP contribution in [-0.4, -0.2) is 21.7 Å². The molecule has 4 nitrogen and oxygen atoms in total. The van der Waals surface area contributed by atoms with Crippen molar-refractivity contribution in [2.24, 2.45) is 0 Å². The van der Waals surface area contributed by atoms with Crippen molar-refractivity contribution in [2.75, 3.05) is 11.9 Å². The molecule has 0 aliphatic rings. The molecule has 0 radical (unpaired) electrons. The summed E-state index contributed by atoms with van der Waals surface area (Å²) >= 11 is 1.51. The van der Waals surface area contributed by atoms with Crippen LogP contribution in [-0.2, 0) is 6.42 Å². The van der Waals surface area contributed by atoms with Crippen molar-refractivity contribution in [3.8, 4) is 0 Å². The maximum Gasteiger partial charge on any atom is 0.205 e. The van der Waals surface area contributed by atoms with Gasteiger partial charge in [0.2, 0.25) is 5.13 Å². The highest BCUT2D eigenvalue weighted by Gasteiger charge is 1.95. The zero-order valence-corrected chi connectivity index (χ0v) is 8.37. The van der Waals surface area contributed by atoms with E-state index in [1.807, 2.05) is 12.1 Å². The van der Waals surface area contributed by atoms with Gasteiger partial charge in [-0.3, -0.25) is 4.98 Å². The Balaban J connectivity index is 1.79. The molecule has 5 heteroatoms. The zero-order chi connectivity index (χ0) is 9.64. The second-order valence-electron chi connectivity index (χ2n) is 2.78. The van der Waals surface area contributed by atoms with Crippen LogP contribution in [0.15, 0.2) is 30.0 Å². The molecule has 0 saturated carbocycles. The minimum Gasteiger partial charge on any atom is -0.360 e. The van der Waals surface area contributed by atoms with E-state index in [9.17, 15) is 0 Å². The van der Waals surface area contributed by atoms with Crippen LogP contribution in [0.5, 0.6) is 0 Å². The van der Waals surface area contributed by atoms with Crippen LogP contribution in [0.2, 0.25) is 0 Å². The topological polar surface area (TPSA) is 50.7 Å². The molecule has 2 heterocycles. The van der Waals surface area contributed by atoms with Gasteiger partial charge >= 0.3 is 0 Å². The molecule has 2 aromatic heterocycles. The predicted molar refractivity (Wildman–Crippen MR) is 56.3 cm³/mol. The van der Waals surface area contributed by atoms with Gasteiger partial charge in [0, 0.05) is 18.9 Å². The fourth-order valence-corrected chi connectivity index (χ4v) is 1.59. The predicted octanol–water partition coefficient (Wildman–Crippen LogP) is 1.59. The summed E-state index contributed by atoms with van der Waals surface area (Å²) < 4.78 is 0. The molecule has 0 aliphatic carbocycles. The Morgan fingerprint density at radius 2 is 2.14 bits per heavy atom. The number of hydrogen-bond acceptors (Lipinski definition) is 5. The van der Waals surface area contributed by atoms with Crippen LogP contribution in [0.25, 0.3) is 0 Å². The molecule has 0 spiro atoms. The van der Waals surface area contributed by atoms with Crippen molar-refractivity contribution in [3.05, 3.63) is 35.6 Å². The molecule has 0 atom stereocenters. The lowest BCUT2D eigenvalue weighted by Crippen LogP contribution is -2.04. The maximum absolute atomic E-state index is 3.96. The van der Waals surface area contributed by atoms with Crippen molar-refractivity contribution < 1.29 is 0 Å². The van der Waals surface area contributed by atoms with Crippen molar-refractivity contribution in [2.45, 2.75) is 6.42 Å². The first kappa shape index (κ1) is 9.08. The van der Waals surface area contributed by atoms with Gasteiger partial charge in [0.05, 0.1) is 0 Å². The first-order valence-electron chi connectivity index (χ1n) is 4.34. The van der Waals surface area contributed by atoms with Crippen molar-refractivity contribution >= 4 is 16.5 Å². The quantitative estimate of drug-likeness (QED) is 0.825. The lowest BCUT2D eigenvalue weighted by atomic mass is 10.2. The minimum atomic E-state index is 0.874. The van der Waals surface area contributed by atoms with Crippen LogP contribution < -0.4 is 5.32 Å². The lowest BCUT2D eigenvalue weighted by Gasteiger charge is -2.01. The molecule has 0 amide bonds. The highest BCUT2D eigenvalue weighted by molar-refractivity contribution is 7.13. The third kappa shape index (κ3) is 2.50. The molecule has 14 heavy (non-hydrogen) atoms. The van der Waals surface area contributed by atoms with Gasteiger partial charge in [-0.25, -0.2) is 0 Å². The summed E-state index contributed by atoms with van der Waals surface area (Å²) in [5, 5.41) is 11.7. The number of rotatable bonds is 4. The van der Waals surface area contributed by atoms with E-state index < -0.39 is 0 Å². The molecule has 2 aromatic rings. The third-order valence-corrected chi connectivity index (χ3v) is 2.45. The Kier molecular flexibility index (Phi) is 3.03. The Hall–Kier alpha value is -1.49. The summed E-state index contributed by atoms with van der Waals surface area (Å²) in [6, 6.07) is 4.03. The van der Waals surface area contributed by atoms with E-state index in [4.69, 9.17) is 0 Å². The molecule has 0 aromatic carbocycles. The van der Waals surface area contributed by atoms with E-state index >= 15 is 0 Å². The Morgan fingerprint density at radius 1 is 1.29 bits per heavy atom. The van der Waals surface area contributed by atoms with Gasteiger partial charge in [0.15, 0.2) is 0 Å². The van der Waals surface area contributed by atoms with Crippen molar-refractivity contribution in [1.29, 1.82) is 0 Å². The highest BCUT2D eigenvalue weighted by atomic mass is 32.1. The number of nitrogens with zero attached hydrogens (tertiary/aromatic N) is 3. The number of aromatic nitrogens is 3. The molecule has 1 N–H and O–H groups in total. The van der Waals surface area contributed by atoms with Gasteiger partial charge in [-0.05, 0) is 24.1 Å². The van der Waals surface area contributed by atoms with E-state index in [0.29, 0.717) is 0 Å². The summed E-state index contributed by atoms with van der Waals surface area (Å²) in [7, 11) is 0. The van der Waals surface area contributed by atoms with E-state index in [1.165, 1.54) is 16.9 Å². The van der Waals surface area contributed by atoms with Crippen LogP contribution in [0.4, 0.5) is 5.13 Å². The third-order valence-electron chi connectivity index (χ3n) is 1.80.